The molecule has 1 aromatic rings. The number of benzene rings is 1. The summed E-state index contributed by atoms with van der Waals surface area (Å²) in [6.45, 7) is 4.22. The Bertz CT molecular complexity index is 554. The van der Waals surface area contributed by atoms with Crippen LogP contribution < -0.4 is 0 Å². The minimum Gasteiger partial charge on any atom is -0.281 e. The average Bonchev–Trinajstić information content (AvgIpc) is 2.90. The molecule has 1 nitrogen and oxygen atoms in total. The fraction of sp³-hybridized carbons (Fsp3) is 0.188. The number of thioether (sulfide) groups is 1. The summed E-state index contributed by atoms with van der Waals surface area (Å²) in [5, 5.41) is 2.18. The molecule has 0 amide bonds. The summed E-state index contributed by atoms with van der Waals surface area (Å²) in [4.78, 5) is 5.73. The lowest BCUT2D eigenvalue weighted by atomic mass is 9.98. The highest BCUT2D eigenvalue weighted by Gasteiger charge is 2.13. The van der Waals surface area contributed by atoms with Gasteiger partial charge >= 0.3 is 0 Å². The van der Waals surface area contributed by atoms with E-state index in [0.717, 1.165) is 12.8 Å². The molecule has 0 aliphatic carbocycles. The number of aliphatic imine (C=N–C) groups is 1. The largest absolute Gasteiger partial charge is 0.281 e. The molecule has 0 saturated heterocycles. The van der Waals surface area contributed by atoms with Gasteiger partial charge in [-0.15, -0.1) is 0 Å². The number of allylic oxidation sites excluding steroid dienone is 3. The van der Waals surface area contributed by atoms with Gasteiger partial charge in [0.1, 0.15) is 0 Å². The van der Waals surface area contributed by atoms with Gasteiger partial charge in [-0.25, -0.2) is 0 Å². The van der Waals surface area contributed by atoms with Crippen molar-refractivity contribution in [3.8, 4) is 0 Å². The van der Waals surface area contributed by atoms with Gasteiger partial charge in [0.05, 0.1) is 6.04 Å². The molecule has 0 N–H and O–H groups in total. The zero-order valence-corrected chi connectivity index (χ0v) is 11.0. The standard InChI is InChI=1S/C16H15NS/c1-12-5-2-3-10-18-16-8-7-13(11-14(12)16)15-6-4-9-17-15/h3-4,6-11,15H,1-2,5H2/b10-3-. The molecule has 18 heavy (non-hydrogen) atoms. The first-order valence-corrected chi connectivity index (χ1v) is 7.06. The van der Waals surface area contributed by atoms with Crippen molar-refractivity contribution in [2.45, 2.75) is 23.8 Å². The molecule has 1 aromatic carbocycles. The van der Waals surface area contributed by atoms with Crippen LogP contribution >= 0.6 is 11.8 Å². The molecule has 2 heteroatoms. The van der Waals surface area contributed by atoms with E-state index in [0.29, 0.717) is 0 Å². The van der Waals surface area contributed by atoms with Crippen molar-refractivity contribution < 1.29 is 0 Å². The van der Waals surface area contributed by atoms with Crippen molar-refractivity contribution in [3.05, 3.63) is 59.5 Å². The van der Waals surface area contributed by atoms with Crippen LogP contribution in [0.4, 0.5) is 0 Å². The monoisotopic (exact) mass is 253 g/mol. The zero-order valence-electron chi connectivity index (χ0n) is 10.2. The SMILES string of the molecule is C=C1CC/C=C\Sc2ccc(C3C=CC=N3)cc21. The van der Waals surface area contributed by atoms with Gasteiger partial charge in [-0.05, 0) is 53.2 Å². The molecule has 3 rings (SSSR count). The van der Waals surface area contributed by atoms with Gasteiger partial charge in [-0.2, -0.15) is 0 Å². The highest BCUT2D eigenvalue weighted by atomic mass is 32.2. The van der Waals surface area contributed by atoms with E-state index in [2.05, 4.69) is 47.3 Å². The molecule has 2 aliphatic rings. The molecule has 2 aliphatic heterocycles. The molecule has 90 valence electrons. The lowest BCUT2D eigenvalue weighted by Crippen LogP contribution is -1.95. The van der Waals surface area contributed by atoms with Crippen LogP contribution in [0.2, 0.25) is 0 Å². The Morgan fingerprint density at radius 3 is 3.11 bits per heavy atom. The summed E-state index contributed by atoms with van der Waals surface area (Å²) in [6, 6.07) is 6.81. The van der Waals surface area contributed by atoms with Gasteiger partial charge in [0.15, 0.2) is 0 Å². The molecule has 0 spiro atoms. The van der Waals surface area contributed by atoms with Crippen molar-refractivity contribution >= 4 is 23.5 Å². The topological polar surface area (TPSA) is 12.4 Å². The van der Waals surface area contributed by atoms with Crippen LogP contribution in [-0.4, -0.2) is 6.21 Å². The summed E-state index contributed by atoms with van der Waals surface area (Å²) in [5.41, 5.74) is 3.78. The predicted octanol–water partition coefficient (Wildman–Crippen LogP) is 4.78. The van der Waals surface area contributed by atoms with E-state index < -0.39 is 0 Å². The van der Waals surface area contributed by atoms with Crippen molar-refractivity contribution in [2.24, 2.45) is 4.99 Å². The maximum absolute atomic E-state index is 4.44. The zero-order chi connectivity index (χ0) is 12.4. The summed E-state index contributed by atoms with van der Waals surface area (Å²) < 4.78 is 0. The van der Waals surface area contributed by atoms with E-state index in [1.54, 1.807) is 11.8 Å². The van der Waals surface area contributed by atoms with Crippen LogP contribution in [0.15, 0.2) is 58.3 Å². The molecule has 1 unspecified atom stereocenters. The van der Waals surface area contributed by atoms with Gasteiger partial charge in [-0.3, -0.25) is 4.99 Å². The molecule has 1 atom stereocenters. The van der Waals surface area contributed by atoms with Crippen LogP contribution in [-0.2, 0) is 0 Å². The molecule has 0 bridgehead atoms. The molecule has 0 saturated carbocycles. The fourth-order valence-electron chi connectivity index (χ4n) is 2.24. The average molecular weight is 253 g/mol. The maximum Gasteiger partial charge on any atom is 0.0934 e. The van der Waals surface area contributed by atoms with Crippen molar-refractivity contribution in [2.75, 3.05) is 0 Å². The minimum absolute atomic E-state index is 0.189. The third-order valence-electron chi connectivity index (χ3n) is 3.26. The number of rotatable bonds is 1. The quantitative estimate of drug-likeness (QED) is 0.701. The summed E-state index contributed by atoms with van der Waals surface area (Å²) in [5.74, 6) is 0. The minimum atomic E-state index is 0.189. The molecule has 0 radical (unpaired) electrons. The molecule has 2 heterocycles. The van der Waals surface area contributed by atoms with Crippen LogP contribution in [0.25, 0.3) is 5.57 Å². The van der Waals surface area contributed by atoms with Crippen LogP contribution in [0, 0.1) is 0 Å². The van der Waals surface area contributed by atoms with Crippen molar-refractivity contribution in [1.29, 1.82) is 0 Å². The van der Waals surface area contributed by atoms with Crippen molar-refractivity contribution in [1.82, 2.24) is 0 Å². The second-order valence-corrected chi connectivity index (χ2v) is 5.46. The van der Waals surface area contributed by atoms with Crippen LogP contribution in [0.1, 0.15) is 30.0 Å². The van der Waals surface area contributed by atoms with Gasteiger partial charge in [0, 0.05) is 11.1 Å². The maximum atomic E-state index is 4.44. The van der Waals surface area contributed by atoms with E-state index in [-0.39, 0.29) is 6.04 Å². The summed E-state index contributed by atoms with van der Waals surface area (Å²) in [6.07, 6.45) is 10.3. The Balaban J connectivity index is 2.02. The van der Waals surface area contributed by atoms with Gasteiger partial charge in [0.25, 0.3) is 0 Å². The van der Waals surface area contributed by atoms with E-state index in [1.807, 2.05) is 12.3 Å². The number of fused-ring (bicyclic) bond motifs is 1. The summed E-state index contributed by atoms with van der Waals surface area (Å²) >= 11 is 1.78. The fourth-order valence-corrected chi connectivity index (χ4v) is 3.09. The lowest BCUT2D eigenvalue weighted by Gasteiger charge is -2.15. The Morgan fingerprint density at radius 2 is 2.28 bits per heavy atom. The van der Waals surface area contributed by atoms with E-state index in [1.165, 1.54) is 21.6 Å². The third kappa shape index (κ3) is 2.21. The third-order valence-corrected chi connectivity index (χ3v) is 4.19. The molecular formula is C16H15NS. The lowest BCUT2D eigenvalue weighted by molar-refractivity contribution is 0.930. The van der Waals surface area contributed by atoms with E-state index in [9.17, 15) is 0 Å². The van der Waals surface area contributed by atoms with Crippen LogP contribution in [0.5, 0.6) is 0 Å². The van der Waals surface area contributed by atoms with Gasteiger partial charge < -0.3 is 0 Å². The first-order valence-electron chi connectivity index (χ1n) is 6.18. The van der Waals surface area contributed by atoms with E-state index in [4.69, 9.17) is 0 Å². The van der Waals surface area contributed by atoms with Gasteiger partial charge in [-0.1, -0.05) is 36.6 Å². The first-order chi connectivity index (χ1) is 8.84. The number of hydrogen-bond acceptors (Lipinski definition) is 2. The molecule has 0 aromatic heterocycles. The molecular weight excluding hydrogens is 238 g/mol. The summed E-state index contributed by atoms with van der Waals surface area (Å²) in [7, 11) is 0. The highest BCUT2D eigenvalue weighted by molar-refractivity contribution is 8.02. The number of hydrogen-bond donors (Lipinski definition) is 0. The Kier molecular flexibility index (Phi) is 3.20. The number of nitrogens with zero attached hydrogens (tertiary/aromatic N) is 1. The van der Waals surface area contributed by atoms with Crippen LogP contribution in [0.3, 0.4) is 0 Å². The smallest absolute Gasteiger partial charge is 0.0934 e. The molecule has 0 fully saturated rings. The van der Waals surface area contributed by atoms with E-state index >= 15 is 0 Å². The Hall–Kier alpha value is -1.54. The predicted molar refractivity (Wildman–Crippen MR) is 80.1 cm³/mol. The highest BCUT2D eigenvalue weighted by Crippen LogP contribution is 2.35. The Morgan fingerprint density at radius 1 is 1.33 bits per heavy atom. The normalized spacial score (nSPS) is 23.6. The second kappa shape index (κ2) is 4.99. The van der Waals surface area contributed by atoms with Gasteiger partial charge in [0.2, 0.25) is 0 Å². The Labute approximate surface area is 112 Å². The second-order valence-electron chi connectivity index (χ2n) is 4.52. The van der Waals surface area contributed by atoms with Crippen molar-refractivity contribution in [3.63, 3.8) is 0 Å². The first kappa shape index (κ1) is 11.5.